The molecule has 0 radical (unpaired) electrons. The maximum absolute atomic E-state index is 10.4. The zero-order valence-electron chi connectivity index (χ0n) is 6.92. The van der Waals surface area contributed by atoms with Crippen molar-refractivity contribution >= 4 is 7.82 Å². The van der Waals surface area contributed by atoms with E-state index in [-0.39, 0.29) is 6.61 Å². The van der Waals surface area contributed by atoms with Crippen molar-refractivity contribution in [1.82, 2.24) is 0 Å². The summed E-state index contributed by atoms with van der Waals surface area (Å²) in [6, 6.07) is 0. The van der Waals surface area contributed by atoms with E-state index in [1.54, 1.807) is 0 Å². The Labute approximate surface area is 78.9 Å². The highest BCUT2D eigenvalue weighted by Gasteiger charge is 2.41. The Hall–Kier alpha value is -0.0500. The Morgan fingerprint density at radius 2 is 1.79 bits per heavy atom. The maximum atomic E-state index is 10.4. The molecule has 9 heteroatoms. The van der Waals surface area contributed by atoms with E-state index in [0.29, 0.717) is 0 Å². The van der Waals surface area contributed by atoms with Gasteiger partial charge in [0.2, 0.25) is 0 Å². The molecular weight excluding hydrogens is 219 g/mol. The van der Waals surface area contributed by atoms with Crippen LogP contribution in [-0.2, 0) is 13.8 Å². The van der Waals surface area contributed by atoms with E-state index in [1.807, 2.05) is 0 Å². The minimum absolute atomic E-state index is 0.372. The van der Waals surface area contributed by atoms with Crippen LogP contribution < -0.4 is 0 Å². The van der Waals surface area contributed by atoms with Crippen molar-refractivity contribution in [3.63, 3.8) is 0 Å². The molecule has 4 atom stereocenters. The van der Waals surface area contributed by atoms with E-state index in [1.165, 1.54) is 0 Å². The van der Waals surface area contributed by atoms with Gasteiger partial charge in [0.15, 0.2) is 6.29 Å². The monoisotopic (exact) mass is 230 g/mol. The number of aliphatic hydroxyl groups is 3. The first-order valence-corrected chi connectivity index (χ1v) is 5.24. The Bertz CT molecular complexity index is 238. The molecule has 1 heterocycles. The number of hydrogen-bond donors (Lipinski definition) is 5. The second-order valence-electron chi connectivity index (χ2n) is 2.85. The molecule has 1 aliphatic heterocycles. The molecule has 0 amide bonds. The molecule has 0 unspecified atom stereocenters. The molecular formula is C5H11O8P. The van der Waals surface area contributed by atoms with Crippen LogP contribution >= 0.6 is 7.82 Å². The van der Waals surface area contributed by atoms with E-state index >= 15 is 0 Å². The number of phosphoric acid groups is 1. The number of aliphatic hydroxyl groups excluding tert-OH is 3. The topological polar surface area (TPSA) is 137 Å². The van der Waals surface area contributed by atoms with Crippen molar-refractivity contribution < 1.29 is 38.9 Å². The molecule has 0 saturated carbocycles. The van der Waals surface area contributed by atoms with Crippen LogP contribution in [0.25, 0.3) is 0 Å². The lowest BCUT2D eigenvalue weighted by atomic mass is 10.1. The first-order valence-electron chi connectivity index (χ1n) is 3.71. The number of phosphoric ester groups is 1. The van der Waals surface area contributed by atoms with Crippen LogP contribution in [0.4, 0.5) is 0 Å². The average molecular weight is 230 g/mol. The molecule has 14 heavy (non-hydrogen) atoms. The van der Waals surface area contributed by atoms with Crippen molar-refractivity contribution in [1.29, 1.82) is 0 Å². The fourth-order valence-corrected chi connectivity index (χ4v) is 1.46. The lowest BCUT2D eigenvalue weighted by Crippen LogP contribution is -2.53. The van der Waals surface area contributed by atoms with Crippen LogP contribution in [-0.4, -0.2) is 56.3 Å². The van der Waals surface area contributed by atoms with Gasteiger partial charge in [-0.3, -0.25) is 4.52 Å². The summed E-state index contributed by atoms with van der Waals surface area (Å²) in [6.07, 6.45) is -6.21. The van der Waals surface area contributed by atoms with Crippen LogP contribution in [0, 0.1) is 0 Å². The van der Waals surface area contributed by atoms with Gasteiger partial charge in [0.25, 0.3) is 0 Å². The van der Waals surface area contributed by atoms with Crippen molar-refractivity contribution in [2.45, 2.75) is 24.6 Å². The van der Waals surface area contributed by atoms with Gasteiger partial charge in [-0.05, 0) is 0 Å². The molecule has 1 saturated heterocycles. The van der Waals surface area contributed by atoms with Crippen molar-refractivity contribution in [3.8, 4) is 0 Å². The zero-order valence-corrected chi connectivity index (χ0v) is 7.82. The van der Waals surface area contributed by atoms with Crippen molar-refractivity contribution in [3.05, 3.63) is 0 Å². The van der Waals surface area contributed by atoms with Gasteiger partial charge in [-0.1, -0.05) is 0 Å². The molecule has 1 rings (SSSR count). The first-order chi connectivity index (χ1) is 6.31. The predicted molar refractivity (Wildman–Crippen MR) is 40.9 cm³/mol. The molecule has 8 nitrogen and oxygen atoms in total. The van der Waals surface area contributed by atoms with Crippen LogP contribution in [0.5, 0.6) is 0 Å². The molecule has 0 spiro atoms. The summed E-state index contributed by atoms with van der Waals surface area (Å²) in [5.74, 6) is 0. The molecule has 1 fully saturated rings. The molecule has 0 bridgehead atoms. The third-order valence-corrected chi connectivity index (χ3v) is 2.18. The fraction of sp³-hybridized carbons (Fsp3) is 1.00. The van der Waals surface area contributed by atoms with E-state index in [4.69, 9.17) is 25.1 Å². The summed E-state index contributed by atoms with van der Waals surface area (Å²) in [6.45, 7) is -0.372. The smallest absolute Gasteiger partial charge is 0.388 e. The molecule has 5 N–H and O–H groups in total. The molecule has 1 aliphatic rings. The van der Waals surface area contributed by atoms with Gasteiger partial charge in [-0.15, -0.1) is 0 Å². The van der Waals surface area contributed by atoms with E-state index in [2.05, 4.69) is 9.26 Å². The van der Waals surface area contributed by atoms with Crippen LogP contribution in [0.3, 0.4) is 0 Å². The summed E-state index contributed by atoms with van der Waals surface area (Å²) < 4.78 is 19.0. The van der Waals surface area contributed by atoms with Gasteiger partial charge in [0.1, 0.15) is 18.3 Å². The SMILES string of the molecule is O=P(O)(O)O[C@H]1OC[C@@H](O)[C@@H](O)[C@@H]1O. The largest absolute Gasteiger partial charge is 0.472 e. The Morgan fingerprint density at radius 3 is 2.29 bits per heavy atom. The number of hydrogen-bond acceptors (Lipinski definition) is 6. The lowest BCUT2D eigenvalue weighted by Gasteiger charge is -2.34. The van der Waals surface area contributed by atoms with Crippen molar-refractivity contribution in [2.75, 3.05) is 6.61 Å². The molecule has 0 aromatic rings. The van der Waals surface area contributed by atoms with E-state index in [0.717, 1.165) is 0 Å². The molecule has 0 aliphatic carbocycles. The Balaban J connectivity index is 2.60. The quantitative estimate of drug-likeness (QED) is 0.329. The zero-order chi connectivity index (χ0) is 10.9. The van der Waals surface area contributed by atoms with Gasteiger partial charge >= 0.3 is 7.82 Å². The summed E-state index contributed by atoms with van der Waals surface area (Å²) in [5, 5.41) is 27.2. The molecule has 84 valence electrons. The third-order valence-electron chi connectivity index (χ3n) is 1.70. The first kappa shape index (κ1) is 12.0. The van der Waals surface area contributed by atoms with Gasteiger partial charge < -0.3 is 29.8 Å². The molecule has 0 aromatic heterocycles. The Kier molecular flexibility index (Phi) is 3.62. The van der Waals surface area contributed by atoms with Gasteiger partial charge in [0, 0.05) is 0 Å². The third kappa shape index (κ3) is 2.97. The summed E-state index contributed by atoms with van der Waals surface area (Å²) in [4.78, 5) is 16.8. The normalized spacial score (nSPS) is 39.8. The van der Waals surface area contributed by atoms with E-state index < -0.39 is 32.4 Å². The van der Waals surface area contributed by atoms with E-state index in [9.17, 15) is 4.57 Å². The highest BCUT2D eigenvalue weighted by Crippen LogP contribution is 2.39. The fourth-order valence-electron chi connectivity index (χ4n) is 1.01. The number of rotatable bonds is 2. The summed E-state index contributed by atoms with van der Waals surface area (Å²) in [5.41, 5.74) is 0. The van der Waals surface area contributed by atoms with Crippen LogP contribution in [0.2, 0.25) is 0 Å². The van der Waals surface area contributed by atoms with Gasteiger partial charge in [-0.2, -0.15) is 0 Å². The van der Waals surface area contributed by atoms with Crippen LogP contribution in [0.1, 0.15) is 0 Å². The summed E-state index contributed by atoms with van der Waals surface area (Å²) >= 11 is 0. The minimum Gasteiger partial charge on any atom is -0.388 e. The molecule has 0 aromatic carbocycles. The van der Waals surface area contributed by atoms with Gasteiger partial charge in [-0.25, -0.2) is 4.57 Å². The standard InChI is InChI=1S/C5H11O8P/c6-2-1-12-5(4(8)3(2)7)13-14(9,10)11/h2-8H,1H2,(H2,9,10,11)/t2-,3-,4+,5-/m1/s1. The van der Waals surface area contributed by atoms with Crippen molar-refractivity contribution in [2.24, 2.45) is 0 Å². The lowest BCUT2D eigenvalue weighted by molar-refractivity contribution is -0.245. The van der Waals surface area contributed by atoms with Gasteiger partial charge in [0.05, 0.1) is 6.61 Å². The highest BCUT2D eigenvalue weighted by molar-refractivity contribution is 7.46. The number of ether oxygens (including phenoxy) is 1. The second kappa shape index (κ2) is 4.21. The van der Waals surface area contributed by atoms with Crippen LogP contribution in [0.15, 0.2) is 0 Å². The minimum atomic E-state index is -4.80. The Morgan fingerprint density at radius 1 is 1.21 bits per heavy atom. The summed E-state index contributed by atoms with van der Waals surface area (Å²) in [7, 11) is -4.80. The maximum Gasteiger partial charge on any atom is 0.472 e. The average Bonchev–Trinajstić information content (AvgIpc) is 2.04. The highest BCUT2D eigenvalue weighted by atomic mass is 31.2. The predicted octanol–water partition coefficient (Wildman–Crippen LogP) is -2.47. The second-order valence-corrected chi connectivity index (χ2v) is 4.04.